The molecule has 0 radical (unpaired) electrons. The Hall–Kier alpha value is -1.42. The van der Waals surface area contributed by atoms with Gasteiger partial charge in [-0.1, -0.05) is 50.8 Å². The van der Waals surface area contributed by atoms with Gasteiger partial charge in [-0.15, -0.1) is 0 Å². The Kier molecular flexibility index (Phi) is 5.96. The van der Waals surface area contributed by atoms with Gasteiger partial charge >= 0.3 is 5.97 Å². The lowest BCUT2D eigenvalue weighted by molar-refractivity contribution is -0.153. The van der Waals surface area contributed by atoms with E-state index in [4.69, 9.17) is 5.11 Å². The highest BCUT2D eigenvalue weighted by molar-refractivity contribution is 5.95. The third-order valence-corrected chi connectivity index (χ3v) is 3.46. The molecule has 2 unspecified atom stereocenters. The maximum atomic E-state index is 12.1. The number of allylic oxidation sites excluding steroid dienone is 2. The van der Waals surface area contributed by atoms with Crippen molar-refractivity contribution in [2.24, 2.45) is 5.92 Å². The van der Waals surface area contributed by atoms with Gasteiger partial charge in [0.2, 0.25) is 0 Å². The maximum Gasteiger partial charge on any atom is 0.314 e. The van der Waals surface area contributed by atoms with Gasteiger partial charge < -0.3 is 10.2 Å². The van der Waals surface area contributed by atoms with Crippen molar-refractivity contribution in [1.29, 1.82) is 0 Å². The second-order valence-corrected chi connectivity index (χ2v) is 4.97. The van der Waals surface area contributed by atoms with Gasteiger partial charge in [-0.05, 0) is 12.5 Å². The molecule has 0 spiro atoms. The van der Waals surface area contributed by atoms with Gasteiger partial charge in [-0.3, -0.25) is 9.59 Å². The lowest BCUT2D eigenvalue weighted by Crippen LogP contribution is -2.47. The number of aliphatic hydroxyl groups is 1. The molecule has 0 saturated heterocycles. The predicted molar refractivity (Wildman–Crippen MR) is 72.7 cm³/mol. The molecule has 0 aromatic rings. The number of Topliss-reactive ketones (excluding diaryl/α,β-unsaturated/α-hetero) is 1. The van der Waals surface area contributed by atoms with Crippen molar-refractivity contribution >= 4 is 11.8 Å². The zero-order chi connectivity index (χ0) is 14.3. The first-order valence-corrected chi connectivity index (χ1v) is 6.87. The van der Waals surface area contributed by atoms with Gasteiger partial charge in [0.05, 0.1) is 0 Å². The van der Waals surface area contributed by atoms with Gasteiger partial charge in [-0.25, -0.2) is 0 Å². The van der Waals surface area contributed by atoms with E-state index in [1.54, 1.807) is 6.08 Å². The van der Waals surface area contributed by atoms with E-state index in [1.807, 2.05) is 0 Å². The summed E-state index contributed by atoms with van der Waals surface area (Å²) in [6, 6.07) is 0. The van der Waals surface area contributed by atoms with Crippen LogP contribution in [-0.2, 0) is 9.59 Å². The second-order valence-electron chi connectivity index (χ2n) is 4.97. The number of aliphatic carboxylic acids is 1. The van der Waals surface area contributed by atoms with E-state index >= 15 is 0 Å². The Morgan fingerprint density at radius 1 is 1.16 bits per heavy atom. The standard InChI is InChI=1S/C15H22O4/c1-2-3-4-5-6-10-13(16)15(19)11-8-7-9-12(15)14(17)18/h7-9,11-12,19H,2-6,10H2,1H3,(H,17,18). The number of unbranched alkanes of at least 4 members (excludes halogenated alkanes) is 4. The average molecular weight is 266 g/mol. The molecule has 0 heterocycles. The summed E-state index contributed by atoms with van der Waals surface area (Å²) in [5, 5.41) is 19.4. The quantitative estimate of drug-likeness (QED) is 0.662. The summed E-state index contributed by atoms with van der Waals surface area (Å²) in [7, 11) is 0. The van der Waals surface area contributed by atoms with Crippen LogP contribution in [0.4, 0.5) is 0 Å². The first-order chi connectivity index (χ1) is 9.02. The van der Waals surface area contributed by atoms with E-state index in [1.165, 1.54) is 18.2 Å². The summed E-state index contributed by atoms with van der Waals surface area (Å²) in [5.41, 5.74) is -1.88. The Morgan fingerprint density at radius 2 is 1.84 bits per heavy atom. The van der Waals surface area contributed by atoms with E-state index in [0.717, 1.165) is 25.7 Å². The highest BCUT2D eigenvalue weighted by atomic mass is 16.4. The van der Waals surface area contributed by atoms with Crippen molar-refractivity contribution < 1.29 is 19.8 Å². The largest absolute Gasteiger partial charge is 0.481 e. The number of rotatable bonds is 8. The van der Waals surface area contributed by atoms with E-state index in [-0.39, 0.29) is 6.42 Å². The van der Waals surface area contributed by atoms with E-state index < -0.39 is 23.3 Å². The molecule has 4 nitrogen and oxygen atoms in total. The van der Waals surface area contributed by atoms with Crippen LogP contribution in [0.3, 0.4) is 0 Å². The number of hydrogen-bond donors (Lipinski definition) is 2. The van der Waals surface area contributed by atoms with E-state index in [0.29, 0.717) is 6.42 Å². The zero-order valence-corrected chi connectivity index (χ0v) is 11.3. The molecule has 0 fully saturated rings. The van der Waals surface area contributed by atoms with Crippen LogP contribution in [0.15, 0.2) is 24.3 Å². The molecule has 1 aliphatic rings. The number of hydrogen-bond acceptors (Lipinski definition) is 3. The number of carboxylic acids is 1. The molecule has 0 aromatic heterocycles. The van der Waals surface area contributed by atoms with Crippen molar-refractivity contribution in [2.45, 2.75) is 51.0 Å². The van der Waals surface area contributed by atoms with Crippen LogP contribution < -0.4 is 0 Å². The fourth-order valence-corrected chi connectivity index (χ4v) is 2.25. The SMILES string of the molecule is CCCCCCCC(=O)C1(O)C=CC=CC1C(=O)O. The third kappa shape index (κ3) is 4.03. The monoisotopic (exact) mass is 266 g/mol. The molecule has 0 aromatic carbocycles. The molecule has 19 heavy (non-hydrogen) atoms. The topological polar surface area (TPSA) is 74.6 Å². The molecule has 0 amide bonds. The van der Waals surface area contributed by atoms with Crippen molar-refractivity contribution in [2.75, 3.05) is 0 Å². The molecule has 1 aliphatic carbocycles. The fraction of sp³-hybridized carbons (Fsp3) is 0.600. The smallest absolute Gasteiger partial charge is 0.314 e. The highest BCUT2D eigenvalue weighted by Gasteiger charge is 2.44. The number of carboxylic acid groups (broad SMARTS) is 1. The second kappa shape index (κ2) is 7.24. The molecule has 1 rings (SSSR count). The van der Waals surface area contributed by atoms with Crippen molar-refractivity contribution in [3.63, 3.8) is 0 Å². The molecule has 4 heteroatoms. The Balaban J connectivity index is 2.55. The summed E-state index contributed by atoms with van der Waals surface area (Å²) in [5.74, 6) is -2.76. The first-order valence-electron chi connectivity index (χ1n) is 6.87. The fourth-order valence-electron chi connectivity index (χ4n) is 2.25. The van der Waals surface area contributed by atoms with Crippen LogP contribution in [0, 0.1) is 5.92 Å². The molecule has 0 saturated carbocycles. The van der Waals surface area contributed by atoms with Crippen LogP contribution in [-0.4, -0.2) is 27.6 Å². The molecule has 2 atom stereocenters. The van der Waals surface area contributed by atoms with Gasteiger partial charge in [0.15, 0.2) is 11.4 Å². The van der Waals surface area contributed by atoms with Gasteiger partial charge in [0.1, 0.15) is 5.92 Å². The molecule has 2 N–H and O–H groups in total. The maximum absolute atomic E-state index is 12.1. The van der Waals surface area contributed by atoms with Gasteiger partial charge in [0, 0.05) is 6.42 Å². The minimum atomic E-state index is -1.88. The van der Waals surface area contributed by atoms with Crippen LogP contribution in [0.1, 0.15) is 45.4 Å². The molecule has 0 bridgehead atoms. The van der Waals surface area contributed by atoms with E-state index in [2.05, 4.69) is 6.92 Å². The molecular formula is C15H22O4. The molecule has 0 aliphatic heterocycles. The Morgan fingerprint density at radius 3 is 2.47 bits per heavy atom. The minimum absolute atomic E-state index is 0.224. The number of ketones is 1. The summed E-state index contributed by atoms with van der Waals surface area (Å²) >= 11 is 0. The highest BCUT2D eigenvalue weighted by Crippen LogP contribution is 2.28. The summed E-state index contributed by atoms with van der Waals surface area (Å²) in [4.78, 5) is 23.2. The minimum Gasteiger partial charge on any atom is -0.481 e. The lowest BCUT2D eigenvalue weighted by Gasteiger charge is -2.29. The van der Waals surface area contributed by atoms with Crippen molar-refractivity contribution in [3.8, 4) is 0 Å². The predicted octanol–water partition coefficient (Wildman–Crippen LogP) is 2.47. The van der Waals surface area contributed by atoms with Crippen LogP contribution in [0.25, 0.3) is 0 Å². The van der Waals surface area contributed by atoms with Gasteiger partial charge in [0.25, 0.3) is 0 Å². The zero-order valence-electron chi connectivity index (χ0n) is 11.3. The number of carbonyl (C=O) groups is 2. The normalized spacial score (nSPS) is 25.5. The molecule has 106 valence electrons. The van der Waals surface area contributed by atoms with Crippen LogP contribution in [0.2, 0.25) is 0 Å². The number of carbonyl (C=O) groups excluding carboxylic acids is 1. The summed E-state index contributed by atoms with van der Waals surface area (Å²) in [6.45, 7) is 2.12. The van der Waals surface area contributed by atoms with Crippen LogP contribution >= 0.6 is 0 Å². The summed E-state index contributed by atoms with van der Waals surface area (Å²) in [6.07, 6.45) is 10.9. The average Bonchev–Trinajstić information content (AvgIpc) is 2.38. The lowest BCUT2D eigenvalue weighted by atomic mass is 9.79. The van der Waals surface area contributed by atoms with Crippen molar-refractivity contribution in [3.05, 3.63) is 24.3 Å². The van der Waals surface area contributed by atoms with E-state index in [9.17, 15) is 14.7 Å². The Labute approximate surface area is 113 Å². The van der Waals surface area contributed by atoms with Gasteiger partial charge in [-0.2, -0.15) is 0 Å². The Bertz CT molecular complexity index is 384. The molecular weight excluding hydrogens is 244 g/mol. The first kappa shape index (κ1) is 15.6. The third-order valence-electron chi connectivity index (χ3n) is 3.46. The summed E-state index contributed by atoms with van der Waals surface area (Å²) < 4.78 is 0. The van der Waals surface area contributed by atoms with Crippen molar-refractivity contribution in [1.82, 2.24) is 0 Å². The van der Waals surface area contributed by atoms with Crippen LogP contribution in [0.5, 0.6) is 0 Å².